The van der Waals surface area contributed by atoms with Crippen molar-refractivity contribution >= 4 is 42.7 Å². The van der Waals surface area contributed by atoms with Gasteiger partial charge in [-0.2, -0.15) is 0 Å². The number of carboxylic acids is 1. The van der Waals surface area contributed by atoms with Gasteiger partial charge in [0, 0.05) is 0 Å². The van der Waals surface area contributed by atoms with E-state index in [1.807, 2.05) is 0 Å². The van der Waals surface area contributed by atoms with Crippen LogP contribution in [0.25, 0.3) is 0 Å². The van der Waals surface area contributed by atoms with Gasteiger partial charge in [0.25, 0.3) is 0 Å². The first-order valence-corrected chi connectivity index (χ1v) is 14.6. The number of rotatable bonds is 10. The summed E-state index contributed by atoms with van der Waals surface area (Å²) >= 11 is 4.45. The predicted octanol–water partition coefficient (Wildman–Crippen LogP) is 5.86. The van der Waals surface area contributed by atoms with E-state index in [4.69, 9.17) is 5.11 Å². The van der Waals surface area contributed by atoms with Crippen LogP contribution in [0.3, 0.4) is 0 Å². The van der Waals surface area contributed by atoms with Gasteiger partial charge in [0.2, 0.25) is 0 Å². The third-order valence-electron chi connectivity index (χ3n) is 5.60. The minimum absolute atomic E-state index is 0.258. The van der Waals surface area contributed by atoms with Gasteiger partial charge in [-0.3, -0.25) is 0 Å². The molecule has 4 heteroatoms. The summed E-state index contributed by atoms with van der Waals surface area (Å²) in [4.78, 5) is 10.8. The number of hydrogen-bond donors (Lipinski definition) is 1. The zero-order chi connectivity index (χ0) is 20.6. The van der Waals surface area contributed by atoms with Crippen LogP contribution in [0.5, 0.6) is 0 Å². The van der Waals surface area contributed by atoms with Crippen LogP contribution in [0.15, 0.2) is 91.0 Å². The number of carbonyl (C=O) groups is 1. The van der Waals surface area contributed by atoms with E-state index in [1.165, 1.54) is 15.9 Å². The molecule has 0 unspecified atom stereocenters. The molecule has 0 aliphatic carbocycles. The van der Waals surface area contributed by atoms with Gasteiger partial charge in [-0.15, -0.1) is 0 Å². The second-order valence-corrected chi connectivity index (χ2v) is 16.5. The molecule has 1 N–H and O–H groups in total. The first-order valence-electron chi connectivity index (χ1n) is 10.2. The van der Waals surface area contributed by atoms with Gasteiger partial charge in [-0.05, 0) is 0 Å². The van der Waals surface area contributed by atoms with Crippen LogP contribution in [0.2, 0.25) is 0 Å². The fraction of sp³-hybridized carbons (Fsp3) is 0.240. The molecule has 0 saturated carbocycles. The normalized spacial score (nSPS) is 12.8. The molecular formula is C25H28BrO2P. The third kappa shape index (κ3) is 4.63. The van der Waals surface area contributed by atoms with Gasteiger partial charge < -0.3 is 0 Å². The van der Waals surface area contributed by atoms with Gasteiger partial charge in [0.1, 0.15) is 0 Å². The third-order valence-corrected chi connectivity index (χ3v) is 15.6. The summed E-state index contributed by atoms with van der Waals surface area (Å²) in [5.41, 5.74) is 0. The minimum atomic E-state index is -2.82. The molecule has 0 atom stereocenters. The Labute approximate surface area is 181 Å². The van der Waals surface area contributed by atoms with Crippen LogP contribution >= 0.6 is 20.8 Å². The van der Waals surface area contributed by atoms with E-state index in [9.17, 15) is 4.79 Å². The number of benzene rings is 3. The van der Waals surface area contributed by atoms with Gasteiger partial charge in [0.15, 0.2) is 0 Å². The Bertz CT molecular complexity index is 814. The maximum absolute atomic E-state index is 10.8. The molecule has 0 spiro atoms. The molecule has 0 saturated heterocycles. The van der Waals surface area contributed by atoms with Crippen molar-refractivity contribution in [2.45, 2.75) is 32.1 Å². The van der Waals surface area contributed by atoms with Crippen molar-refractivity contribution in [3.8, 4) is 0 Å². The van der Waals surface area contributed by atoms with Crippen molar-refractivity contribution in [1.29, 1.82) is 0 Å². The van der Waals surface area contributed by atoms with Crippen LogP contribution in [0, 0.1) is 0 Å². The molecule has 3 aromatic carbocycles. The van der Waals surface area contributed by atoms with E-state index in [1.54, 1.807) is 0 Å². The Morgan fingerprint density at radius 2 is 1.03 bits per heavy atom. The zero-order valence-corrected chi connectivity index (χ0v) is 19.1. The van der Waals surface area contributed by atoms with Gasteiger partial charge in [0.05, 0.1) is 0 Å². The summed E-state index contributed by atoms with van der Waals surface area (Å²) in [6, 6.07) is 32.4. The molecule has 0 radical (unpaired) electrons. The molecule has 0 aliphatic heterocycles. The van der Waals surface area contributed by atoms with Crippen LogP contribution in [0.1, 0.15) is 32.1 Å². The Morgan fingerprint density at radius 1 is 0.655 bits per heavy atom. The van der Waals surface area contributed by atoms with Gasteiger partial charge in [-0.1, -0.05) is 0 Å². The monoisotopic (exact) mass is 470 g/mol. The number of halogens is 1. The molecule has 0 aromatic heterocycles. The van der Waals surface area contributed by atoms with E-state index in [2.05, 4.69) is 106 Å². The Balaban J connectivity index is 2.03. The molecule has 0 aliphatic rings. The molecule has 29 heavy (non-hydrogen) atoms. The summed E-state index contributed by atoms with van der Waals surface area (Å²) in [6.45, 7) is 0. The second-order valence-electron chi connectivity index (χ2n) is 7.47. The van der Waals surface area contributed by atoms with Gasteiger partial charge >= 0.3 is 182 Å². The standard InChI is InChI=1S/C25H28BrO2P/c26-29(22-14-6-3-7-15-22,23-16-8-4-9-17-23,24-18-10-5-11-19-24)21-13-2-1-12-20-25(27)28/h3-11,14-19H,1-2,12-13,20-21H2,(H,27,28). The van der Waals surface area contributed by atoms with Crippen LogP contribution < -0.4 is 15.9 Å². The van der Waals surface area contributed by atoms with Crippen molar-refractivity contribution in [1.82, 2.24) is 0 Å². The van der Waals surface area contributed by atoms with E-state index in [0.29, 0.717) is 0 Å². The molecule has 0 fully saturated rings. The molecule has 0 heterocycles. The molecule has 152 valence electrons. The topological polar surface area (TPSA) is 37.3 Å². The van der Waals surface area contributed by atoms with Crippen LogP contribution in [-0.2, 0) is 4.79 Å². The number of carboxylic acid groups (broad SMARTS) is 1. The van der Waals surface area contributed by atoms with Crippen molar-refractivity contribution < 1.29 is 9.90 Å². The summed E-state index contributed by atoms with van der Waals surface area (Å²) in [6.07, 6.45) is 5.04. The number of hydrogen-bond acceptors (Lipinski definition) is 1. The molecular weight excluding hydrogens is 443 g/mol. The van der Waals surface area contributed by atoms with Crippen LogP contribution in [-0.4, -0.2) is 17.2 Å². The van der Waals surface area contributed by atoms with Crippen molar-refractivity contribution in [2.75, 3.05) is 6.16 Å². The van der Waals surface area contributed by atoms with Gasteiger partial charge in [-0.25, -0.2) is 0 Å². The second kappa shape index (κ2) is 9.69. The van der Waals surface area contributed by atoms with Crippen molar-refractivity contribution in [3.63, 3.8) is 0 Å². The van der Waals surface area contributed by atoms with E-state index in [0.717, 1.165) is 31.8 Å². The molecule has 3 aromatic rings. The fourth-order valence-electron chi connectivity index (χ4n) is 4.09. The Kier molecular flexibility index (Phi) is 7.27. The Hall–Kier alpha value is -1.96. The summed E-state index contributed by atoms with van der Waals surface area (Å²) in [7, 11) is 0. The SMILES string of the molecule is O=C(O)CCCCCCP(Br)(c1ccccc1)(c1ccccc1)c1ccccc1. The van der Waals surface area contributed by atoms with Crippen LogP contribution in [0.4, 0.5) is 0 Å². The Morgan fingerprint density at radius 3 is 1.41 bits per heavy atom. The molecule has 0 amide bonds. The maximum atomic E-state index is 10.8. The van der Waals surface area contributed by atoms with E-state index < -0.39 is 11.3 Å². The first-order chi connectivity index (χ1) is 14.1. The van der Waals surface area contributed by atoms with E-state index >= 15 is 0 Å². The number of unbranched alkanes of at least 4 members (excludes halogenated alkanes) is 3. The molecule has 3 rings (SSSR count). The summed E-state index contributed by atoms with van der Waals surface area (Å²) in [5.74, 6) is -0.706. The predicted molar refractivity (Wildman–Crippen MR) is 130 cm³/mol. The summed E-state index contributed by atoms with van der Waals surface area (Å²) in [5, 5.41) is 10.1. The zero-order valence-electron chi connectivity index (χ0n) is 16.6. The van der Waals surface area contributed by atoms with E-state index in [-0.39, 0.29) is 6.42 Å². The fourth-order valence-corrected chi connectivity index (χ4v) is 11.8. The summed E-state index contributed by atoms with van der Waals surface area (Å²) < 4.78 is 0. The quantitative estimate of drug-likeness (QED) is 0.297. The average molecular weight is 471 g/mol. The molecule has 0 bridgehead atoms. The first kappa shape index (κ1) is 21.7. The average Bonchev–Trinajstić information content (AvgIpc) is 2.78. The molecule has 2 nitrogen and oxygen atoms in total. The number of aliphatic carboxylic acids is 1. The van der Waals surface area contributed by atoms with Crippen molar-refractivity contribution in [2.24, 2.45) is 0 Å². The van der Waals surface area contributed by atoms with Crippen molar-refractivity contribution in [3.05, 3.63) is 91.0 Å².